The molecule has 0 fully saturated rings. The zero-order valence-electron chi connectivity index (χ0n) is 27.1. The molecular weight excluding hydrogens is 653 g/mol. The highest BCUT2D eigenvalue weighted by atomic mass is 32.1. The monoisotopic (exact) mass is 686 g/mol. The molecule has 0 saturated carbocycles. The number of carbonyl (C=O) groups is 2. The predicted molar refractivity (Wildman–Crippen MR) is 188 cm³/mol. The van der Waals surface area contributed by atoms with E-state index in [1.54, 1.807) is 34.8 Å². The van der Waals surface area contributed by atoms with Crippen LogP contribution >= 0.6 is 22.7 Å². The lowest BCUT2D eigenvalue weighted by molar-refractivity contribution is -0.152. The lowest BCUT2D eigenvalue weighted by Crippen LogP contribution is -2.37. The SMILES string of the molecule is COc1cc(-c2nc3ccccc3s2)ccc1OC(C)(C)C(=O)O.COc1cc(-c2nc3ccccc3s2)ccc1OC(C)(C)C(=O)O. The number of aliphatic carboxylic acids is 2. The summed E-state index contributed by atoms with van der Waals surface area (Å²) in [4.78, 5) is 31.7. The van der Waals surface area contributed by atoms with Gasteiger partial charge in [0.25, 0.3) is 0 Å². The lowest BCUT2D eigenvalue weighted by atomic mass is 10.1. The summed E-state index contributed by atoms with van der Waals surface area (Å²) in [7, 11) is 3.05. The second kappa shape index (κ2) is 13.9. The summed E-state index contributed by atoms with van der Waals surface area (Å²) in [5.74, 6) is -0.369. The van der Waals surface area contributed by atoms with E-state index in [0.717, 1.165) is 41.6 Å². The highest BCUT2D eigenvalue weighted by Crippen LogP contribution is 2.39. The average Bonchev–Trinajstić information content (AvgIpc) is 3.70. The second-order valence-corrected chi connectivity index (χ2v) is 13.6. The summed E-state index contributed by atoms with van der Waals surface area (Å²) < 4.78 is 24.1. The maximum absolute atomic E-state index is 11.2. The van der Waals surface area contributed by atoms with Gasteiger partial charge in [-0.1, -0.05) is 24.3 Å². The molecular formula is C36H34N2O8S2. The number of carboxylic acid groups (broad SMARTS) is 2. The molecule has 6 rings (SSSR count). The Balaban J connectivity index is 0.000000188. The fraction of sp³-hybridized carbons (Fsp3) is 0.222. The Morgan fingerprint density at radius 3 is 1.29 bits per heavy atom. The summed E-state index contributed by atoms with van der Waals surface area (Å²) in [5, 5.41) is 20.2. The van der Waals surface area contributed by atoms with Crippen LogP contribution in [0, 0.1) is 0 Å². The van der Waals surface area contributed by atoms with Crippen molar-refractivity contribution in [2.75, 3.05) is 14.2 Å². The number of hydrogen-bond donors (Lipinski definition) is 2. The Morgan fingerprint density at radius 2 is 0.958 bits per heavy atom. The van der Waals surface area contributed by atoms with Gasteiger partial charge in [0.15, 0.2) is 34.2 Å². The molecule has 10 nitrogen and oxygen atoms in total. The molecule has 12 heteroatoms. The Kier molecular flexibility index (Phi) is 9.87. The molecule has 4 aromatic carbocycles. The number of aromatic nitrogens is 2. The molecule has 0 saturated heterocycles. The molecule has 0 spiro atoms. The zero-order valence-corrected chi connectivity index (χ0v) is 28.8. The van der Waals surface area contributed by atoms with E-state index < -0.39 is 23.1 Å². The summed E-state index contributed by atoms with van der Waals surface area (Å²) >= 11 is 3.18. The third kappa shape index (κ3) is 7.50. The van der Waals surface area contributed by atoms with Crippen LogP contribution in [0.3, 0.4) is 0 Å². The number of ether oxygens (including phenoxy) is 4. The van der Waals surface area contributed by atoms with E-state index in [2.05, 4.69) is 9.97 Å². The van der Waals surface area contributed by atoms with Crippen molar-refractivity contribution in [1.29, 1.82) is 0 Å². The van der Waals surface area contributed by atoms with Crippen molar-refractivity contribution in [3.8, 4) is 44.1 Å². The van der Waals surface area contributed by atoms with Crippen LogP contribution in [0.2, 0.25) is 0 Å². The van der Waals surface area contributed by atoms with Crippen LogP contribution in [0.4, 0.5) is 0 Å². The number of hydrogen-bond acceptors (Lipinski definition) is 10. The molecule has 0 amide bonds. The van der Waals surface area contributed by atoms with Gasteiger partial charge in [-0.15, -0.1) is 22.7 Å². The molecule has 0 atom stereocenters. The van der Waals surface area contributed by atoms with Crippen LogP contribution in [0.5, 0.6) is 23.0 Å². The minimum absolute atomic E-state index is 0.384. The third-order valence-electron chi connectivity index (χ3n) is 7.17. The van der Waals surface area contributed by atoms with Gasteiger partial charge in [-0.25, -0.2) is 19.6 Å². The first-order valence-corrected chi connectivity index (χ1v) is 16.4. The summed E-state index contributed by atoms with van der Waals surface area (Å²) in [5.41, 5.74) is 1.00. The number of fused-ring (bicyclic) bond motifs is 2. The first-order chi connectivity index (χ1) is 22.8. The molecule has 48 heavy (non-hydrogen) atoms. The van der Waals surface area contributed by atoms with Gasteiger partial charge in [0.1, 0.15) is 10.0 Å². The van der Waals surface area contributed by atoms with Gasteiger partial charge in [0.2, 0.25) is 0 Å². The number of benzene rings is 4. The molecule has 2 N–H and O–H groups in total. The first kappa shape index (κ1) is 34.1. The van der Waals surface area contributed by atoms with Gasteiger partial charge in [0, 0.05) is 11.1 Å². The van der Waals surface area contributed by atoms with Crippen molar-refractivity contribution in [2.24, 2.45) is 0 Å². The zero-order chi connectivity index (χ0) is 34.6. The number of rotatable bonds is 10. The van der Waals surface area contributed by atoms with Gasteiger partial charge < -0.3 is 29.2 Å². The predicted octanol–water partition coefficient (Wildman–Crippen LogP) is 8.43. The van der Waals surface area contributed by atoms with Crippen LogP contribution < -0.4 is 18.9 Å². The molecule has 2 heterocycles. The van der Waals surface area contributed by atoms with Crippen molar-refractivity contribution in [3.63, 3.8) is 0 Å². The number of para-hydroxylation sites is 2. The van der Waals surface area contributed by atoms with Crippen molar-refractivity contribution < 1.29 is 38.7 Å². The highest BCUT2D eigenvalue weighted by molar-refractivity contribution is 7.22. The Labute approximate surface area is 285 Å². The van der Waals surface area contributed by atoms with Crippen molar-refractivity contribution in [1.82, 2.24) is 9.97 Å². The summed E-state index contributed by atoms with van der Waals surface area (Å²) in [6, 6.07) is 26.6. The Bertz CT molecular complexity index is 1890. The minimum atomic E-state index is -1.34. The molecule has 0 aliphatic rings. The molecule has 0 aliphatic carbocycles. The van der Waals surface area contributed by atoms with E-state index in [4.69, 9.17) is 18.9 Å². The number of nitrogens with zero attached hydrogens (tertiary/aromatic N) is 2. The number of thiazole rings is 2. The molecule has 0 aliphatic heterocycles. The van der Waals surface area contributed by atoms with E-state index in [1.165, 1.54) is 41.9 Å². The Morgan fingerprint density at radius 1 is 0.583 bits per heavy atom. The first-order valence-electron chi connectivity index (χ1n) is 14.7. The smallest absolute Gasteiger partial charge is 0.347 e. The summed E-state index contributed by atoms with van der Waals surface area (Å²) in [6.07, 6.45) is 0. The topological polar surface area (TPSA) is 137 Å². The molecule has 0 radical (unpaired) electrons. The molecule has 248 valence electrons. The standard InChI is InChI=1S/2C18H17NO4S/c2*1-18(2,17(20)21)23-13-9-8-11(10-14(13)22-3)16-19-12-6-4-5-7-15(12)24-16/h2*4-10H,1-3H3,(H,20,21). The molecule has 2 aromatic heterocycles. The third-order valence-corrected chi connectivity index (χ3v) is 9.34. The van der Waals surface area contributed by atoms with Gasteiger partial charge in [-0.3, -0.25) is 0 Å². The van der Waals surface area contributed by atoms with E-state index in [1.807, 2.05) is 72.8 Å². The fourth-order valence-electron chi connectivity index (χ4n) is 4.40. The van der Waals surface area contributed by atoms with Crippen molar-refractivity contribution in [2.45, 2.75) is 38.9 Å². The van der Waals surface area contributed by atoms with Gasteiger partial charge in [-0.05, 0) is 88.4 Å². The maximum Gasteiger partial charge on any atom is 0.347 e. The van der Waals surface area contributed by atoms with E-state index in [0.29, 0.717) is 23.0 Å². The van der Waals surface area contributed by atoms with Crippen LogP contribution in [0.15, 0.2) is 84.9 Å². The maximum atomic E-state index is 11.2. The molecule has 0 bridgehead atoms. The number of methoxy groups -OCH3 is 2. The van der Waals surface area contributed by atoms with E-state index >= 15 is 0 Å². The van der Waals surface area contributed by atoms with Gasteiger partial charge in [-0.2, -0.15) is 0 Å². The second-order valence-electron chi connectivity index (χ2n) is 11.5. The molecule has 6 aromatic rings. The van der Waals surface area contributed by atoms with Gasteiger partial charge in [0.05, 0.1) is 34.7 Å². The normalized spacial score (nSPS) is 11.5. The van der Waals surface area contributed by atoms with Crippen LogP contribution in [-0.4, -0.2) is 57.5 Å². The van der Waals surface area contributed by atoms with E-state index in [-0.39, 0.29) is 0 Å². The van der Waals surface area contributed by atoms with Gasteiger partial charge >= 0.3 is 11.9 Å². The minimum Gasteiger partial charge on any atom is -0.493 e. The summed E-state index contributed by atoms with van der Waals surface area (Å²) in [6.45, 7) is 5.99. The van der Waals surface area contributed by atoms with E-state index in [9.17, 15) is 19.8 Å². The lowest BCUT2D eigenvalue weighted by Gasteiger charge is -2.23. The van der Waals surface area contributed by atoms with Crippen LogP contribution in [-0.2, 0) is 9.59 Å². The Hall–Kier alpha value is -5.20. The largest absolute Gasteiger partial charge is 0.493 e. The van der Waals surface area contributed by atoms with Crippen molar-refractivity contribution in [3.05, 3.63) is 84.9 Å². The molecule has 0 unspecified atom stereocenters. The number of carboxylic acids is 2. The van der Waals surface area contributed by atoms with Crippen LogP contribution in [0.25, 0.3) is 41.6 Å². The quantitative estimate of drug-likeness (QED) is 0.144. The van der Waals surface area contributed by atoms with Crippen LogP contribution in [0.1, 0.15) is 27.7 Å². The highest BCUT2D eigenvalue weighted by Gasteiger charge is 2.31. The van der Waals surface area contributed by atoms with Crippen molar-refractivity contribution >= 4 is 55.0 Å². The fourth-order valence-corrected chi connectivity index (χ4v) is 6.32. The average molecular weight is 687 g/mol.